The first kappa shape index (κ1) is 16.1. The molecule has 0 saturated heterocycles. The van der Waals surface area contributed by atoms with Crippen LogP contribution >= 0.6 is 11.3 Å². The van der Waals surface area contributed by atoms with Gasteiger partial charge in [0.05, 0.1) is 19.2 Å². The summed E-state index contributed by atoms with van der Waals surface area (Å²) < 4.78 is 20.5. The van der Waals surface area contributed by atoms with Crippen molar-refractivity contribution in [3.05, 3.63) is 75.9 Å². The molecule has 3 aromatic rings. The summed E-state index contributed by atoms with van der Waals surface area (Å²) in [6, 6.07) is 9.74. The minimum Gasteiger partial charge on any atom is -0.481 e. The second-order valence-electron chi connectivity index (χ2n) is 4.91. The van der Waals surface area contributed by atoms with E-state index in [0.717, 1.165) is 0 Å². The van der Waals surface area contributed by atoms with Crippen LogP contribution in [-0.2, 0) is 6.54 Å². The predicted octanol–water partition coefficient (Wildman–Crippen LogP) is 2.88. The monoisotopic (exact) mass is 343 g/mol. The zero-order valence-corrected chi connectivity index (χ0v) is 13.7. The number of aromatic nitrogens is 2. The Morgan fingerprint density at radius 2 is 2.17 bits per heavy atom. The third kappa shape index (κ3) is 3.57. The number of halogens is 1. The summed E-state index contributed by atoms with van der Waals surface area (Å²) in [5, 5.41) is 1.80. The molecule has 3 rings (SSSR count). The Balaban J connectivity index is 1.87. The van der Waals surface area contributed by atoms with Crippen LogP contribution in [0.3, 0.4) is 0 Å². The molecule has 0 atom stereocenters. The molecule has 0 aliphatic rings. The molecule has 0 aliphatic carbocycles. The van der Waals surface area contributed by atoms with Gasteiger partial charge < -0.3 is 9.30 Å². The zero-order chi connectivity index (χ0) is 16.9. The van der Waals surface area contributed by atoms with E-state index in [1.54, 1.807) is 46.5 Å². The quantitative estimate of drug-likeness (QED) is 0.732. The normalized spacial score (nSPS) is 11.5. The van der Waals surface area contributed by atoms with Crippen molar-refractivity contribution in [1.82, 2.24) is 9.55 Å². The Hall–Kier alpha value is -2.80. The van der Waals surface area contributed by atoms with E-state index in [4.69, 9.17) is 4.74 Å². The Morgan fingerprint density at radius 3 is 2.88 bits per heavy atom. The Morgan fingerprint density at radius 1 is 1.33 bits per heavy atom. The van der Waals surface area contributed by atoms with E-state index in [2.05, 4.69) is 9.98 Å². The van der Waals surface area contributed by atoms with Gasteiger partial charge in [-0.05, 0) is 12.1 Å². The van der Waals surface area contributed by atoms with Crippen LogP contribution in [0.5, 0.6) is 5.88 Å². The highest BCUT2D eigenvalue weighted by molar-refractivity contribution is 7.07. The molecule has 0 radical (unpaired) electrons. The highest BCUT2D eigenvalue weighted by atomic mass is 32.1. The van der Waals surface area contributed by atoms with Crippen LogP contribution in [0.4, 0.5) is 4.39 Å². The van der Waals surface area contributed by atoms with Gasteiger partial charge in [-0.1, -0.05) is 18.2 Å². The van der Waals surface area contributed by atoms with E-state index >= 15 is 0 Å². The topological polar surface area (TPSA) is 56.5 Å². The predicted molar refractivity (Wildman–Crippen MR) is 88.5 cm³/mol. The number of hydrogen-bond donors (Lipinski definition) is 0. The van der Waals surface area contributed by atoms with Gasteiger partial charge in [-0.2, -0.15) is 4.99 Å². The number of carbonyl (C=O) groups is 1. The summed E-state index contributed by atoms with van der Waals surface area (Å²) in [5.41, 5.74) is 0.901. The number of methoxy groups -OCH3 is 1. The van der Waals surface area contributed by atoms with Gasteiger partial charge in [0.25, 0.3) is 5.91 Å². The van der Waals surface area contributed by atoms with E-state index in [-0.39, 0.29) is 5.82 Å². The number of rotatable bonds is 4. The second-order valence-corrected chi connectivity index (χ2v) is 5.78. The average Bonchev–Trinajstić information content (AvgIpc) is 3.04. The number of pyridine rings is 1. The molecule has 24 heavy (non-hydrogen) atoms. The first-order valence-corrected chi connectivity index (χ1v) is 8.02. The lowest BCUT2D eigenvalue weighted by molar-refractivity contribution is 0.0997. The highest BCUT2D eigenvalue weighted by Crippen LogP contribution is 2.09. The molecule has 5 nitrogen and oxygen atoms in total. The number of carbonyl (C=O) groups excluding carboxylic acids is 1. The molecule has 0 bridgehead atoms. The van der Waals surface area contributed by atoms with E-state index < -0.39 is 5.91 Å². The number of ether oxygens (including phenoxy) is 1. The Labute approximate surface area is 141 Å². The number of benzene rings is 1. The summed E-state index contributed by atoms with van der Waals surface area (Å²) in [5.74, 6) is -0.264. The van der Waals surface area contributed by atoms with Crippen molar-refractivity contribution in [2.45, 2.75) is 6.54 Å². The van der Waals surface area contributed by atoms with E-state index in [9.17, 15) is 9.18 Å². The molecular formula is C17H14FN3O2S. The molecule has 0 aliphatic heterocycles. The smallest absolute Gasteiger partial charge is 0.281 e. The summed E-state index contributed by atoms with van der Waals surface area (Å²) in [6.07, 6.45) is 3.19. The lowest BCUT2D eigenvalue weighted by Crippen LogP contribution is -2.17. The highest BCUT2D eigenvalue weighted by Gasteiger charge is 2.07. The third-order valence-electron chi connectivity index (χ3n) is 3.35. The Kier molecular flexibility index (Phi) is 4.81. The number of amides is 1. The molecule has 0 N–H and O–H groups in total. The maximum atomic E-state index is 13.8. The van der Waals surface area contributed by atoms with Gasteiger partial charge in [-0.25, -0.2) is 9.37 Å². The van der Waals surface area contributed by atoms with Crippen molar-refractivity contribution in [2.24, 2.45) is 4.99 Å². The minimum atomic E-state index is -0.408. The molecule has 7 heteroatoms. The zero-order valence-electron chi connectivity index (χ0n) is 12.8. The SMILES string of the molecule is COc1ccc(C(=O)N=c2sccn2Cc2ccccc2F)cn1. The largest absolute Gasteiger partial charge is 0.481 e. The van der Waals surface area contributed by atoms with Crippen molar-refractivity contribution < 1.29 is 13.9 Å². The molecule has 0 unspecified atom stereocenters. The maximum Gasteiger partial charge on any atom is 0.281 e. The van der Waals surface area contributed by atoms with Crippen LogP contribution in [0.15, 0.2) is 59.2 Å². The Bertz CT molecular complexity index is 916. The number of nitrogens with zero attached hydrogens (tertiary/aromatic N) is 3. The van der Waals surface area contributed by atoms with Crippen molar-refractivity contribution in [2.75, 3.05) is 7.11 Å². The van der Waals surface area contributed by atoms with Crippen LogP contribution in [0.2, 0.25) is 0 Å². The first-order chi connectivity index (χ1) is 11.7. The minimum absolute atomic E-state index is 0.284. The van der Waals surface area contributed by atoms with E-state index in [1.807, 2.05) is 0 Å². The fraction of sp³-hybridized carbons (Fsp3) is 0.118. The summed E-state index contributed by atoms with van der Waals surface area (Å²) in [7, 11) is 1.51. The van der Waals surface area contributed by atoms with Crippen LogP contribution in [0.1, 0.15) is 15.9 Å². The average molecular weight is 343 g/mol. The van der Waals surface area contributed by atoms with E-state index in [0.29, 0.717) is 28.4 Å². The van der Waals surface area contributed by atoms with Gasteiger partial charge in [0.15, 0.2) is 4.80 Å². The van der Waals surface area contributed by atoms with Gasteiger partial charge in [0.1, 0.15) is 5.82 Å². The van der Waals surface area contributed by atoms with Gasteiger partial charge in [0, 0.05) is 29.4 Å². The molecular weight excluding hydrogens is 329 g/mol. The van der Waals surface area contributed by atoms with Crippen LogP contribution in [0.25, 0.3) is 0 Å². The number of thiazole rings is 1. The van der Waals surface area contributed by atoms with Crippen LogP contribution in [0, 0.1) is 5.82 Å². The van der Waals surface area contributed by atoms with Crippen molar-refractivity contribution in [3.8, 4) is 5.88 Å². The van der Waals surface area contributed by atoms with Crippen molar-refractivity contribution >= 4 is 17.2 Å². The standard InChI is InChI=1S/C17H14FN3O2S/c1-23-15-7-6-12(10-19-15)16(22)20-17-21(8-9-24-17)11-13-4-2-3-5-14(13)18/h2-10H,11H2,1H3. The van der Waals surface area contributed by atoms with Gasteiger partial charge >= 0.3 is 0 Å². The molecule has 2 heterocycles. The van der Waals surface area contributed by atoms with Crippen molar-refractivity contribution in [3.63, 3.8) is 0 Å². The molecule has 2 aromatic heterocycles. The molecule has 0 spiro atoms. The summed E-state index contributed by atoms with van der Waals surface area (Å²) in [6.45, 7) is 0.309. The summed E-state index contributed by atoms with van der Waals surface area (Å²) >= 11 is 1.31. The van der Waals surface area contributed by atoms with E-state index in [1.165, 1.54) is 30.7 Å². The van der Waals surface area contributed by atoms with Crippen LogP contribution < -0.4 is 9.54 Å². The third-order valence-corrected chi connectivity index (χ3v) is 4.14. The second kappa shape index (κ2) is 7.18. The van der Waals surface area contributed by atoms with Gasteiger partial charge in [0.2, 0.25) is 5.88 Å². The fourth-order valence-corrected chi connectivity index (χ4v) is 2.82. The summed E-state index contributed by atoms with van der Waals surface area (Å²) in [4.78, 5) is 20.9. The lowest BCUT2D eigenvalue weighted by atomic mass is 10.2. The molecule has 1 aromatic carbocycles. The molecule has 1 amide bonds. The fourth-order valence-electron chi connectivity index (χ4n) is 2.10. The van der Waals surface area contributed by atoms with Crippen LogP contribution in [-0.4, -0.2) is 22.6 Å². The first-order valence-electron chi connectivity index (χ1n) is 7.14. The molecule has 0 saturated carbocycles. The van der Waals surface area contributed by atoms with Gasteiger partial charge in [-0.3, -0.25) is 4.79 Å². The van der Waals surface area contributed by atoms with Gasteiger partial charge in [-0.15, -0.1) is 11.3 Å². The molecule has 122 valence electrons. The molecule has 0 fully saturated rings. The maximum absolute atomic E-state index is 13.8. The van der Waals surface area contributed by atoms with Crippen molar-refractivity contribution in [1.29, 1.82) is 0 Å². The lowest BCUT2D eigenvalue weighted by Gasteiger charge is -2.04. The number of hydrogen-bond acceptors (Lipinski definition) is 4.